The number of anilines is 1. The van der Waals surface area contributed by atoms with Crippen molar-refractivity contribution in [3.8, 4) is 0 Å². The lowest BCUT2D eigenvalue weighted by atomic mass is 10.0. The predicted octanol–water partition coefficient (Wildman–Crippen LogP) is 2.64. The van der Waals surface area contributed by atoms with Crippen molar-refractivity contribution in [3.63, 3.8) is 0 Å². The number of carbonyl (C=O) groups is 2. The van der Waals surface area contributed by atoms with E-state index < -0.39 is 28.3 Å². The van der Waals surface area contributed by atoms with Gasteiger partial charge >= 0.3 is 6.09 Å². The minimum absolute atomic E-state index is 0.00496. The smallest absolute Gasteiger partial charge is 0.411 e. The van der Waals surface area contributed by atoms with Gasteiger partial charge in [0.25, 0.3) is 0 Å². The standard InChI is InChI=1S/C29H34N4O6S/c30-26(17-21-7-3-1-4-8-21)27(34)19-33(18-24-13-16-28(35)31-24)40(37,38)25-14-11-23(12-15-25)32-29(36)39-20-22-9-5-2-6-10-22/h1-12,14-15,24,26-27,34H,13,16-20,30H2,(H,31,35)(H,32,36)/t24-,26-,27+/m0/s1. The van der Waals surface area contributed by atoms with Gasteiger partial charge < -0.3 is 20.9 Å². The molecule has 3 atom stereocenters. The number of aliphatic hydroxyl groups excluding tert-OH is 1. The van der Waals surface area contributed by atoms with E-state index in [2.05, 4.69) is 10.6 Å². The molecule has 1 aliphatic heterocycles. The van der Waals surface area contributed by atoms with Gasteiger partial charge in [-0.1, -0.05) is 60.7 Å². The van der Waals surface area contributed by atoms with Gasteiger partial charge in [0.2, 0.25) is 15.9 Å². The summed E-state index contributed by atoms with van der Waals surface area (Å²) in [6, 6.07) is 23.2. The first kappa shape index (κ1) is 29.2. The van der Waals surface area contributed by atoms with Gasteiger partial charge in [0.1, 0.15) is 6.61 Å². The Morgan fingerprint density at radius 3 is 2.25 bits per heavy atom. The molecule has 3 aromatic carbocycles. The zero-order valence-electron chi connectivity index (χ0n) is 22.0. The van der Waals surface area contributed by atoms with E-state index >= 15 is 0 Å². The summed E-state index contributed by atoms with van der Waals surface area (Å²) in [7, 11) is -4.08. The van der Waals surface area contributed by atoms with E-state index in [0.29, 0.717) is 24.9 Å². The van der Waals surface area contributed by atoms with Gasteiger partial charge in [0.15, 0.2) is 0 Å². The van der Waals surface area contributed by atoms with Crippen LogP contribution in [0, 0.1) is 0 Å². The molecule has 212 valence electrons. The van der Waals surface area contributed by atoms with Gasteiger partial charge in [-0.15, -0.1) is 0 Å². The minimum Gasteiger partial charge on any atom is -0.444 e. The normalized spacial score (nSPS) is 16.8. The van der Waals surface area contributed by atoms with Crippen molar-refractivity contribution in [2.24, 2.45) is 5.73 Å². The predicted molar refractivity (Wildman–Crippen MR) is 151 cm³/mol. The van der Waals surface area contributed by atoms with Crippen LogP contribution in [0.4, 0.5) is 10.5 Å². The van der Waals surface area contributed by atoms with Crippen molar-refractivity contribution >= 4 is 27.7 Å². The maximum Gasteiger partial charge on any atom is 0.411 e. The van der Waals surface area contributed by atoms with Crippen LogP contribution in [-0.4, -0.2) is 61.1 Å². The van der Waals surface area contributed by atoms with Crippen LogP contribution in [-0.2, 0) is 32.6 Å². The highest BCUT2D eigenvalue weighted by atomic mass is 32.2. The molecule has 0 unspecified atom stereocenters. The van der Waals surface area contributed by atoms with Gasteiger partial charge in [0, 0.05) is 37.3 Å². The van der Waals surface area contributed by atoms with Gasteiger partial charge in [-0.25, -0.2) is 13.2 Å². The molecule has 0 spiro atoms. The van der Waals surface area contributed by atoms with E-state index in [9.17, 15) is 23.1 Å². The summed E-state index contributed by atoms with van der Waals surface area (Å²) in [5.41, 5.74) is 8.37. The molecule has 1 heterocycles. The number of hydrogen-bond acceptors (Lipinski definition) is 7. The van der Waals surface area contributed by atoms with Gasteiger partial charge in [-0.05, 0) is 48.2 Å². The third-order valence-electron chi connectivity index (χ3n) is 6.66. The summed E-state index contributed by atoms with van der Waals surface area (Å²) in [6.45, 7) is -0.149. The molecule has 0 saturated carbocycles. The van der Waals surface area contributed by atoms with Crippen LogP contribution in [0.5, 0.6) is 0 Å². The van der Waals surface area contributed by atoms with Gasteiger partial charge in [-0.2, -0.15) is 4.31 Å². The molecule has 5 N–H and O–H groups in total. The molecule has 3 aromatic rings. The fraction of sp³-hybridized carbons (Fsp3) is 0.310. The van der Waals surface area contributed by atoms with Gasteiger partial charge in [0.05, 0.1) is 11.0 Å². The van der Waals surface area contributed by atoms with Crippen molar-refractivity contribution in [1.82, 2.24) is 9.62 Å². The maximum atomic E-state index is 13.7. The molecule has 1 fully saturated rings. The molecule has 1 saturated heterocycles. The first-order chi connectivity index (χ1) is 19.2. The van der Waals surface area contributed by atoms with Crippen LogP contribution in [0.25, 0.3) is 0 Å². The third-order valence-corrected chi connectivity index (χ3v) is 8.51. The molecule has 40 heavy (non-hydrogen) atoms. The van der Waals surface area contributed by atoms with Crippen LogP contribution in [0.2, 0.25) is 0 Å². The second-order valence-electron chi connectivity index (χ2n) is 9.76. The average molecular weight is 567 g/mol. The van der Waals surface area contributed by atoms with Crippen LogP contribution in [0.3, 0.4) is 0 Å². The summed E-state index contributed by atoms with van der Waals surface area (Å²) in [5, 5.41) is 16.2. The number of nitrogens with one attached hydrogen (secondary N) is 2. The number of nitrogens with two attached hydrogens (primary N) is 1. The number of aliphatic hydroxyl groups is 1. The zero-order chi connectivity index (χ0) is 28.5. The molecular weight excluding hydrogens is 532 g/mol. The fourth-order valence-electron chi connectivity index (χ4n) is 4.43. The van der Waals surface area contributed by atoms with Crippen molar-refractivity contribution in [2.45, 2.75) is 49.0 Å². The number of nitrogens with zero attached hydrogens (tertiary/aromatic N) is 1. The molecule has 1 aliphatic rings. The molecule has 0 aliphatic carbocycles. The van der Waals surface area contributed by atoms with Gasteiger partial charge in [-0.3, -0.25) is 10.1 Å². The summed E-state index contributed by atoms with van der Waals surface area (Å²) in [4.78, 5) is 23.9. The molecule has 10 nitrogen and oxygen atoms in total. The lowest BCUT2D eigenvalue weighted by molar-refractivity contribution is -0.119. The lowest BCUT2D eigenvalue weighted by Crippen LogP contribution is -2.49. The summed E-state index contributed by atoms with van der Waals surface area (Å²) in [5.74, 6) is -0.141. The van der Waals surface area contributed by atoms with E-state index in [1.165, 1.54) is 24.3 Å². The molecular formula is C29H34N4O6S. The Kier molecular flexibility index (Phi) is 9.88. The zero-order valence-corrected chi connectivity index (χ0v) is 22.8. The average Bonchev–Trinajstić information content (AvgIpc) is 3.37. The fourth-order valence-corrected chi connectivity index (χ4v) is 5.94. The SMILES string of the molecule is N[C@@H](Cc1ccccc1)[C@H](O)CN(C[C@@H]1CCC(=O)N1)S(=O)(=O)c1ccc(NC(=O)OCc2ccccc2)cc1. The minimum atomic E-state index is -4.08. The first-order valence-corrected chi connectivity index (χ1v) is 14.5. The Hall–Kier alpha value is -3.77. The molecule has 0 bridgehead atoms. The Morgan fingerprint density at radius 2 is 1.65 bits per heavy atom. The van der Waals surface area contributed by atoms with Crippen molar-refractivity contribution in [1.29, 1.82) is 0 Å². The van der Waals surface area contributed by atoms with Crippen LogP contribution < -0.4 is 16.4 Å². The quantitative estimate of drug-likeness (QED) is 0.263. The van der Waals surface area contributed by atoms with E-state index in [1.54, 1.807) is 0 Å². The van der Waals surface area contributed by atoms with Crippen molar-refractivity contribution in [2.75, 3.05) is 18.4 Å². The van der Waals surface area contributed by atoms with E-state index in [4.69, 9.17) is 10.5 Å². The van der Waals surface area contributed by atoms with E-state index in [0.717, 1.165) is 15.4 Å². The highest BCUT2D eigenvalue weighted by molar-refractivity contribution is 7.89. The Balaban J connectivity index is 1.43. The Bertz CT molecular complexity index is 1370. The number of rotatable bonds is 12. The number of hydrogen-bond donors (Lipinski definition) is 4. The van der Waals surface area contributed by atoms with E-state index in [1.807, 2.05) is 60.7 Å². The van der Waals surface area contributed by atoms with Crippen molar-refractivity contribution in [3.05, 3.63) is 96.1 Å². The Labute approximate surface area is 234 Å². The molecule has 0 aromatic heterocycles. The molecule has 11 heteroatoms. The Morgan fingerprint density at radius 1 is 1.02 bits per heavy atom. The number of sulfonamides is 1. The third kappa shape index (κ3) is 8.12. The summed E-state index contributed by atoms with van der Waals surface area (Å²) >= 11 is 0. The van der Waals surface area contributed by atoms with Crippen LogP contribution in [0.15, 0.2) is 89.8 Å². The van der Waals surface area contributed by atoms with Crippen molar-refractivity contribution < 1.29 is 27.9 Å². The highest BCUT2D eigenvalue weighted by Crippen LogP contribution is 2.22. The number of carbonyl (C=O) groups excluding carboxylic acids is 2. The largest absolute Gasteiger partial charge is 0.444 e. The lowest BCUT2D eigenvalue weighted by Gasteiger charge is -2.29. The summed E-state index contributed by atoms with van der Waals surface area (Å²) < 4.78 is 33.7. The topological polar surface area (TPSA) is 151 Å². The van der Waals surface area contributed by atoms with Crippen LogP contribution in [0.1, 0.15) is 24.0 Å². The second-order valence-corrected chi connectivity index (χ2v) is 11.7. The van der Waals surface area contributed by atoms with Crippen LogP contribution >= 0.6 is 0 Å². The molecule has 2 amide bonds. The molecule has 4 rings (SSSR count). The number of amides is 2. The number of ether oxygens (including phenoxy) is 1. The summed E-state index contributed by atoms with van der Waals surface area (Å²) in [6.07, 6.45) is -0.641. The second kappa shape index (κ2) is 13.5. The first-order valence-electron chi connectivity index (χ1n) is 13.1. The van der Waals surface area contributed by atoms with E-state index in [-0.39, 0.29) is 36.5 Å². The highest BCUT2D eigenvalue weighted by Gasteiger charge is 2.33. The molecule has 0 radical (unpaired) electrons. The number of benzene rings is 3. The monoisotopic (exact) mass is 566 g/mol. The maximum absolute atomic E-state index is 13.7.